The quantitative estimate of drug-likeness (QED) is 0.553. The summed E-state index contributed by atoms with van der Waals surface area (Å²) in [6.07, 6.45) is 0. The van der Waals surface area contributed by atoms with E-state index < -0.39 is 7.59 Å². The summed E-state index contributed by atoms with van der Waals surface area (Å²) in [6, 6.07) is 0.208. The van der Waals surface area contributed by atoms with E-state index in [1.54, 1.807) is 4.67 Å². The normalized spacial score (nSPS) is 17.4. The van der Waals surface area contributed by atoms with E-state index in [0.29, 0.717) is 0 Å². The van der Waals surface area contributed by atoms with Gasteiger partial charge in [0.2, 0.25) is 0 Å². The van der Waals surface area contributed by atoms with Gasteiger partial charge in [0.1, 0.15) is 0 Å². The lowest BCUT2D eigenvalue weighted by Gasteiger charge is -2.33. The lowest BCUT2D eigenvalue weighted by atomic mass is 10.3. The molecule has 1 unspecified atom stereocenters. The molecule has 0 bridgehead atoms. The minimum Gasteiger partial charge on any atom is -0.270 e. The minimum absolute atomic E-state index is 0.104. The van der Waals surface area contributed by atoms with Crippen molar-refractivity contribution < 1.29 is 4.57 Å². The lowest BCUT2D eigenvalue weighted by Crippen LogP contribution is -2.39. The zero-order valence-corrected chi connectivity index (χ0v) is 9.56. The number of halogens is 1. The van der Waals surface area contributed by atoms with E-state index in [2.05, 4.69) is 4.61 Å². The van der Waals surface area contributed by atoms with E-state index in [1.807, 2.05) is 27.7 Å². The maximum atomic E-state index is 11.6. The molecular weight excluding hydrogens is 197 g/mol. The Bertz CT molecular complexity index is 178. The third-order valence-corrected chi connectivity index (χ3v) is 4.10. The minimum atomic E-state index is -3.05. The summed E-state index contributed by atoms with van der Waals surface area (Å²) in [6.45, 7) is 7.70. The highest BCUT2D eigenvalue weighted by Crippen LogP contribution is 2.40. The zero-order valence-electron chi connectivity index (χ0n) is 7.91. The summed E-state index contributed by atoms with van der Waals surface area (Å²) < 4.78 is 15.4. The highest BCUT2D eigenvalue weighted by molar-refractivity contribution is 7.58. The predicted octanol–water partition coefficient (Wildman–Crippen LogP) is 1.92. The summed E-state index contributed by atoms with van der Waals surface area (Å²) in [5.41, 5.74) is 5.50. The van der Waals surface area contributed by atoms with Crippen LogP contribution >= 0.6 is 19.4 Å². The van der Waals surface area contributed by atoms with E-state index in [-0.39, 0.29) is 12.1 Å². The van der Waals surface area contributed by atoms with Crippen LogP contribution in [0.3, 0.4) is 0 Å². The Labute approximate surface area is 79.1 Å². The van der Waals surface area contributed by atoms with Crippen LogP contribution < -0.4 is 10.1 Å². The summed E-state index contributed by atoms with van der Waals surface area (Å²) in [5.74, 6) is 0. The van der Waals surface area contributed by atoms with Crippen LogP contribution in [-0.2, 0) is 4.57 Å². The Morgan fingerprint density at radius 3 is 1.75 bits per heavy atom. The third-order valence-electron chi connectivity index (χ3n) is 1.52. The summed E-state index contributed by atoms with van der Waals surface area (Å²) in [7, 11) is -3.05. The van der Waals surface area contributed by atoms with Crippen molar-refractivity contribution in [3.8, 4) is 0 Å². The molecule has 0 saturated carbocycles. The van der Waals surface area contributed by atoms with Crippen LogP contribution in [0.1, 0.15) is 27.7 Å². The van der Waals surface area contributed by atoms with Gasteiger partial charge in [-0.3, -0.25) is 10.1 Å². The number of rotatable bonds is 4. The number of hydrogen-bond acceptors (Lipinski definition) is 1. The van der Waals surface area contributed by atoms with Crippen molar-refractivity contribution in [1.82, 2.24) is 9.28 Å². The Kier molecular flexibility index (Phi) is 4.74. The first-order valence-electron chi connectivity index (χ1n) is 3.88. The molecule has 74 valence electrons. The molecule has 4 nitrogen and oxygen atoms in total. The molecule has 12 heavy (non-hydrogen) atoms. The SMILES string of the molecule is CC(C)N(C(C)C)P(N)(=O)NCl. The molecule has 0 heterocycles. The van der Waals surface area contributed by atoms with Gasteiger partial charge in [0.15, 0.2) is 0 Å². The van der Waals surface area contributed by atoms with Crippen LogP contribution in [0, 0.1) is 0 Å². The van der Waals surface area contributed by atoms with E-state index in [0.717, 1.165) is 0 Å². The Morgan fingerprint density at radius 2 is 1.67 bits per heavy atom. The topological polar surface area (TPSA) is 58.4 Å². The van der Waals surface area contributed by atoms with Gasteiger partial charge in [-0.2, -0.15) is 4.61 Å². The molecule has 1 atom stereocenters. The van der Waals surface area contributed by atoms with Gasteiger partial charge in [0.05, 0.1) is 0 Å². The molecule has 0 rings (SSSR count). The fraction of sp³-hybridized carbons (Fsp3) is 1.00. The molecule has 0 aliphatic heterocycles. The molecule has 0 aromatic heterocycles. The van der Waals surface area contributed by atoms with Gasteiger partial charge >= 0.3 is 0 Å². The predicted molar refractivity (Wildman–Crippen MR) is 52.9 cm³/mol. The van der Waals surface area contributed by atoms with Crippen molar-refractivity contribution in [2.45, 2.75) is 39.8 Å². The van der Waals surface area contributed by atoms with Gasteiger partial charge in [0.25, 0.3) is 7.59 Å². The van der Waals surface area contributed by atoms with Crippen molar-refractivity contribution in [2.24, 2.45) is 5.50 Å². The van der Waals surface area contributed by atoms with Gasteiger partial charge in [-0.25, -0.2) is 4.67 Å². The van der Waals surface area contributed by atoms with Crippen LogP contribution in [0.5, 0.6) is 0 Å². The Balaban J connectivity index is 4.63. The third kappa shape index (κ3) is 3.04. The molecular formula is C6H17ClN3OP. The van der Waals surface area contributed by atoms with Gasteiger partial charge in [-0.05, 0) is 39.5 Å². The number of hydrogen-bond donors (Lipinski definition) is 2. The fourth-order valence-electron chi connectivity index (χ4n) is 1.33. The highest BCUT2D eigenvalue weighted by Gasteiger charge is 2.29. The number of nitrogens with zero attached hydrogens (tertiary/aromatic N) is 1. The largest absolute Gasteiger partial charge is 0.293 e. The van der Waals surface area contributed by atoms with E-state index >= 15 is 0 Å². The van der Waals surface area contributed by atoms with Crippen molar-refractivity contribution in [3.05, 3.63) is 0 Å². The smallest absolute Gasteiger partial charge is 0.270 e. The van der Waals surface area contributed by atoms with Gasteiger partial charge < -0.3 is 0 Å². The van der Waals surface area contributed by atoms with Crippen molar-refractivity contribution in [3.63, 3.8) is 0 Å². The fourth-order valence-corrected chi connectivity index (χ4v) is 3.05. The Hall–Kier alpha value is 0.400. The summed E-state index contributed by atoms with van der Waals surface area (Å²) >= 11 is 5.30. The van der Waals surface area contributed by atoms with Gasteiger partial charge in [0, 0.05) is 12.1 Å². The molecule has 0 aromatic carbocycles. The molecule has 0 saturated heterocycles. The monoisotopic (exact) mass is 213 g/mol. The average molecular weight is 214 g/mol. The lowest BCUT2D eigenvalue weighted by molar-refractivity contribution is 0.297. The van der Waals surface area contributed by atoms with Crippen molar-refractivity contribution in [1.29, 1.82) is 0 Å². The Morgan fingerprint density at radius 1 is 1.33 bits per heavy atom. The first-order chi connectivity index (χ1) is 5.33. The van der Waals surface area contributed by atoms with Crippen LogP contribution in [-0.4, -0.2) is 16.8 Å². The standard InChI is InChI=1S/C6H17ClN3OP/c1-5(2)10(6(3)4)12(8,11)9-7/h5-6H,1-4H3,(H3,8,9,11). The van der Waals surface area contributed by atoms with Crippen LogP contribution in [0.2, 0.25) is 0 Å². The molecule has 0 fully saturated rings. The van der Waals surface area contributed by atoms with E-state index in [9.17, 15) is 4.57 Å². The molecule has 0 aliphatic rings. The average Bonchev–Trinajstić information content (AvgIpc) is 1.84. The van der Waals surface area contributed by atoms with E-state index in [1.165, 1.54) is 0 Å². The van der Waals surface area contributed by atoms with Crippen molar-refractivity contribution >= 4 is 19.4 Å². The second-order valence-corrected chi connectivity index (χ2v) is 5.66. The first kappa shape index (κ1) is 12.4. The molecule has 0 radical (unpaired) electrons. The second-order valence-electron chi connectivity index (χ2n) is 3.27. The molecule has 0 amide bonds. The number of nitrogens with two attached hydrogens (primary N) is 1. The van der Waals surface area contributed by atoms with Gasteiger partial charge in [-0.1, -0.05) is 0 Å². The maximum absolute atomic E-state index is 11.6. The van der Waals surface area contributed by atoms with Gasteiger partial charge in [-0.15, -0.1) is 0 Å². The molecule has 0 aliphatic carbocycles. The molecule has 6 heteroatoms. The molecule has 3 N–H and O–H groups in total. The molecule has 0 spiro atoms. The number of nitrogens with one attached hydrogen (secondary N) is 1. The maximum Gasteiger partial charge on any atom is 0.293 e. The van der Waals surface area contributed by atoms with Crippen LogP contribution in [0.4, 0.5) is 0 Å². The molecule has 0 aromatic rings. The summed E-state index contributed by atoms with van der Waals surface area (Å²) in [5, 5.41) is 0. The van der Waals surface area contributed by atoms with Crippen molar-refractivity contribution in [2.75, 3.05) is 0 Å². The highest BCUT2D eigenvalue weighted by atomic mass is 35.5. The van der Waals surface area contributed by atoms with Crippen LogP contribution in [0.15, 0.2) is 0 Å². The summed E-state index contributed by atoms with van der Waals surface area (Å²) in [4.78, 5) is 0. The second kappa shape index (κ2) is 4.58. The first-order valence-corrected chi connectivity index (χ1v) is 5.99. The van der Waals surface area contributed by atoms with Crippen LogP contribution in [0.25, 0.3) is 0 Å². The van der Waals surface area contributed by atoms with E-state index in [4.69, 9.17) is 17.3 Å². The zero-order chi connectivity index (χ0) is 9.94.